The highest BCUT2D eigenvalue weighted by molar-refractivity contribution is 7.08. The van der Waals surface area contributed by atoms with Gasteiger partial charge in [-0.3, -0.25) is 4.79 Å². The lowest BCUT2D eigenvalue weighted by Gasteiger charge is -2.08. The van der Waals surface area contributed by atoms with Gasteiger partial charge in [-0.05, 0) is 30.9 Å². The molecule has 3 rings (SSSR count). The number of rotatable bonds is 4. The van der Waals surface area contributed by atoms with Crippen LogP contribution in [0.25, 0.3) is 0 Å². The van der Waals surface area contributed by atoms with E-state index in [1.54, 1.807) is 23.9 Å². The lowest BCUT2D eigenvalue weighted by molar-refractivity contribution is 0.102. The highest BCUT2D eigenvalue weighted by Crippen LogP contribution is 2.15. The molecule has 0 aliphatic carbocycles. The normalized spacial score (nSPS) is 10.6. The van der Waals surface area contributed by atoms with Crippen molar-refractivity contribution in [2.24, 2.45) is 0 Å². The van der Waals surface area contributed by atoms with E-state index in [2.05, 4.69) is 51.2 Å². The molecule has 7 heteroatoms. The van der Waals surface area contributed by atoms with Crippen molar-refractivity contribution in [3.05, 3.63) is 58.2 Å². The second-order valence-corrected chi connectivity index (χ2v) is 5.76. The third kappa shape index (κ3) is 3.04. The molecule has 0 bridgehead atoms. The monoisotopic (exact) mass is 313 g/mol. The molecule has 0 spiro atoms. The number of carbonyl (C=O) groups is 1. The Morgan fingerprint density at radius 2 is 2.00 bits per heavy atom. The fraction of sp³-hybridized carbons (Fsp3) is 0.200. The number of aryl methyl sites for hydroxylation is 2. The summed E-state index contributed by atoms with van der Waals surface area (Å²) < 4.78 is 5.54. The highest BCUT2D eigenvalue weighted by atomic mass is 32.1. The van der Waals surface area contributed by atoms with Gasteiger partial charge >= 0.3 is 0 Å². The first kappa shape index (κ1) is 14.4. The molecule has 1 amide bonds. The van der Waals surface area contributed by atoms with Crippen molar-refractivity contribution in [2.75, 3.05) is 5.32 Å². The molecule has 0 fully saturated rings. The average molecular weight is 313 g/mol. The maximum absolute atomic E-state index is 12.2. The van der Waals surface area contributed by atoms with E-state index < -0.39 is 0 Å². The smallest absolute Gasteiger partial charge is 0.270 e. The van der Waals surface area contributed by atoms with E-state index >= 15 is 0 Å². The van der Waals surface area contributed by atoms with Gasteiger partial charge in [0.05, 0.1) is 18.4 Å². The predicted octanol–water partition coefficient (Wildman–Crippen LogP) is 2.65. The molecule has 1 aromatic carbocycles. The summed E-state index contributed by atoms with van der Waals surface area (Å²) in [7, 11) is 0. The average Bonchev–Trinajstić information content (AvgIpc) is 3.11. The van der Waals surface area contributed by atoms with Crippen LogP contribution >= 0.6 is 11.5 Å². The van der Waals surface area contributed by atoms with Crippen molar-refractivity contribution in [1.29, 1.82) is 0 Å². The molecule has 2 heterocycles. The molecule has 6 nitrogen and oxygen atoms in total. The van der Waals surface area contributed by atoms with E-state index in [1.165, 1.54) is 5.56 Å². The second-order valence-electron chi connectivity index (χ2n) is 5.00. The molecular formula is C15H15N5OS. The molecule has 0 unspecified atom stereocenters. The Labute approximate surface area is 132 Å². The lowest BCUT2D eigenvalue weighted by atomic mass is 10.1. The number of nitrogens with one attached hydrogen (secondary N) is 1. The van der Waals surface area contributed by atoms with Gasteiger partial charge in [0.2, 0.25) is 0 Å². The number of anilines is 1. The van der Waals surface area contributed by atoms with E-state index in [0.717, 1.165) is 17.1 Å². The molecule has 0 radical (unpaired) electrons. The minimum Gasteiger partial charge on any atom is -0.306 e. The van der Waals surface area contributed by atoms with Crippen LogP contribution in [0.2, 0.25) is 0 Å². The largest absolute Gasteiger partial charge is 0.306 e. The molecule has 22 heavy (non-hydrogen) atoms. The maximum atomic E-state index is 12.2. The Bertz CT molecular complexity index is 790. The summed E-state index contributed by atoms with van der Waals surface area (Å²) in [5, 5.41) is 11.0. The predicted molar refractivity (Wildman–Crippen MR) is 85.1 cm³/mol. The molecule has 0 saturated heterocycles. The van der Waals surface area contributed by atoms with Crippen molar-refractivity contribution in [3.8, 4) is 0 Å². The lowest BCUT2D eigenvalue weighted by Crippen LogP contribution is -2.16. The van der Waals surface area contributed by atoms with E-state index in [-0.39, 0.29) is 5.91 Å². The van der Waals surface area contributed by atoms with Crippen molar-refractivity contribution >= 4 is 23.3 Å². The fourth-order valence-electron chi connectivity index (χ4n) is 2.04. The number of benzene rings is 1. The first-order valence-electron chi connectivity index (χ1n) is 6.81. The third-order valence-electron chi connectivity index (χ3n) is 3.27. The number of hydrogen-bond donors (Lipinski definition) is 1. The zero-order valence-corrected chi connectivity index (χ0v) is 13.1. The Balaban J connectivity index is 1.76. The van der Waals surface area contributed by atoms with E-state index in [0.29, 0.717) is 22.9 Å². The minimum absolute atomic E-state index is 0.210. The zero-order chi connectivity index (χ0) is 15.5. The van der Waals surface area contributed by atoms with Crippen LogP contribution in [0.4, 0.5) is 5.82 Å². The molecule has 0 aliphatic rings. The van der Waals surface area contributed by atoms with Crippen molar-refractivity contribution in [1.82, 2.24) is 19.4 Å². The van der Waals surface area contributed by atoms with Gasteiger partial charge < -0.3 is 5.32 Å². The van der Waals surface area contributed by atoms with Gasteiger partial charge in [-0.1, -0.05) is 34.3 Å². The van der Waals surface area contributed by atoms with Crippen LogP contribution in [0.1, 0.15) is 26.5 Å². The topological polar surface area (TPSA) is 72.7 Å². The van der Waals surface area contributed by atoms with Crippen LogP contribution in [-0.4, -0.2) is 25.3 Å². The van der Waals surface area contributed by atoms with Crippen molar-refractivity contribution in [3.63, 3.8) is 0 Å². The van der Waals surface area contributed by atoms with E-state index in [9.17, 15) is 4.79 Å². The van der Waals surface area contributed by atoms with Crippen LogP contribution in [0, 0.1) is 13.8 Å². The maximum Gasteiger partial charge on any atom is 0.270 e. The number of aromatic nitrogens is 4. The number of hydrogen-bond acceptors (Lipinski definition) is 5. The molecule has 0 saturated carbocycles. The van der Waals surface area contributed by atoms with Gasteiger partial charge in [-0.25, -0.2) is 4.68 Å². The van der Waals surface area contributed by atoms with Gasteiger partial charge in [-0.15, -0.1) is 5.10 Å². The van der Waals surface area contributed by atoms with Crippen molar-refractivity contribution < 1.29 is 4.79 Å². The fourth-order valence-corrected chi connectivity index (χ4v) is 2.60. The Kier molecular flexibility index (Phi) is 3.97. The molecule has 0 aliphatic heterocycles. The quantitative estimate of drug-likeness (QED) is 0.803. The van der Waals surface area contributed by atoms with Crippen LogP contribution in [0.5, 0.6) is 0 Å². The second kappa shape index (κ2) is 6.07. The summed E-state index contributed by atoms with van der Waals surface area (Å²) in [6.07, 6.45) is 1.67. The van der Waals surface area contributed by atoms with Gasteiger partial charge in [0.1, 0.15) is 10.7 Å². The van der Waals surface area contributed by atoms with Gasteiger partial charge in [0.25, 0.3) is 5.91 Å². The van der Waals surface area contributed by atoms with Crippen LogP contribution in [0.15, 0.2) is 36.5 Å². The molecule has 112 valence electrons. The number of amides is 1. The summed E-state index contributed by atoms with van der Waals surface area (Å²) in [5.74, 6) is 0.441. The molecule has 2 aromatic heterocycles. The molecule has 3 aromatic rings. The van der Waals surface area contributed by atoms with E-state index in [4.69, 9.17) is 0 Å². The summed E-state index contributed by atoms with van der Waals surface area (Å²) in [5.41, 5.74) is 2.97. The Morgan fingerprint density at radius 1 is 1.23 bits per heavy atom. The number of carbonyl (C=O) groups excluding carboxylic acids is 1. The third-order valence-corrected chi connectivity index (χ3v) is 4.10. The first-order valence-corrected chi connectivity index (χ1v) is 7.58. The van der Waals surface area contributed by atoms with Crippen molar-refractivity contribution in [2.45, 2.75) is 20.4 Å². The zero-order valence-electron chi connectivity index (χ0n) is 12.3. The van der Waals surface area contributed by atoms with Crippen LogP contribution in [-0.2, 0) is 6.54 Å². The van der Waals surface area contributed by atoms with Crippen LogP contribution in [0.3, 0.4) is 0 Å². The SMILES string of the molecule is Cc1ccc(Cn2nccc2NC(=O)c2snnc2C)cc1. The molecule has 0 atom stereocenters. The molecular weight excluding hydrogens is 298 g/mol. The van der Waals surface area contributed by atoms with Gasteiger partial charge in [0, 0.05) is 6.07 Å². The standard InChI is InChI=1S/C15H15N5OS/c1-10-3-5-12(6-4-10)9-20-13(7-8-16-20)17-15(21)14-11(2)18-19-22-14/h3-8H,9H2,1-2H3,(H,17,21). The minimum atomic E-state index is -0.210. The summed E-state index contributed by atoms with van der Waals surface area (Å²) in [4.78, 5) is 12.7. The Morgan fingerprint density at radius 3 is 2.68 bits per heavy atom. The van der Waals surface area contributed by atoms with Gasteiger partial charge in [0.15, 0.2) is 0 Å². The summed E-state index contributed by atoms with van der Waals surface area (Å²) in [6.45, 7) is 4.42. The van der Waals surface area contributed by atoms with Crippen LogP contribution < -0.4 is 5.32 Å². The Hall–Kier alpha value is -2.54. The van der Waals surface area contributed by atoms with E-state index in [1.807, 2.05) is 0 Å². The summed E-state index contributed by atoms with van der Waals surface area (Å²) >= 11 is 1.09. The number of nitrogens with zero attached hydrogens (tertiary/aromatic N) is 4. The van der Waals surface area contributed by atoms with Gasteiger partial charge in [-0.2, -0.15) is 5.10 Å². The summed E-state index contributed by atoms with van der Waals surface area (Å²) in [6, 6.07) is 10.0. The highest BCUT2D eigenvalue weighted by Gasteiger charge is 2.15. The first-order chi connectivity index (χ1) is 10.6. The molecule has 1 N–H and O–H groups in total.